The summed E-state index contributed by atoms with van der Waals surface area (Å²) in [5.74, 6) is 1.11. The van der Waals surface area contributed by atoms with Gasteiger partial charge in [0.2, 0.25) is 5.82 Å². The molecule has 0 saturated heterocycles. The summed E-state index contributed by atoms with van der Waals surface area (Å²) in [5, 5.41) is 3.13. The quantitative estimate of drug-likeness (QED) is 0.679. The van der Waals surface area contributed by atoms with E-state index in [0.29, 0.717) is 17.2 Å². The maximum absolute atomic E-state index is 11.1. The summed E-state index contributed by atoms with van der Waals surface area (Å²) in [6, 6.07) is 11.2. The zero-order valence-electron chi connectivity index (χ0n) is 11.2. The molecule has 0 N–H and O–H groups in total. The van der Waals surface area contributed by atoms with Gasteiger partial charge in [-0.05, 0) is 48.0 Å². The summed E-state index contributed by atoms with van der Waals surface area (Å²) in [6.07, 6.45) is 1.78. The standard InChI is InChI=1S/C15H13N3O2/c1-10-9-11(6-7-12(10)20-2)14-15(17-19)18-8-4-3-5-13(18)16-14/h3-9H,1-2H3. The fourth-order valence-corrected chi connectivity index (χ4v) is 2.29. The molecule has 2 heterocycles. The highest BCUT2D eigenvalue weighted by molar-refractivity contribution is 5.75. The van der Waals surface area contributed by atoms with E-state index in [9.17, 15) is 4.91 Å². The van der Waals surface area contributed by atoms with Crippen molar-refractivity contribution in [2.75, 3.05) is 7.11 Å². The second kappa shape index (κ2) is 4.77. The summed E-state index contributed by atoms with van der Waals surface area (Å²) < 4.78 is 6.92. The van der Waals surface area contributed by atoms with E-state index in [2.05, 4.69) is 10.2 Å². The van der Waals surface area contributed by atoms with Crippen molar-refractivity contribution < 1.29 is 4.74 Å². The Labute approximate surface area is 115 Å². The Kier molecular flexibility index (Phi) is 2.95. The lowest BCUT2D eigenvalue weighted by molar-refractivity contribution is 0.412. The van der Waals surface area contributed by atoms with E-state index in [4.69, 9.17) is 4.74 Å². The van der Waals surface area contributed by atoms with E-state index in [1.165, 1.54) is 0 Å². The highest BCUT2D eigenvalue weighted by Crippen LogP contribution is 2.33. The second-order valence-electron chi connectivity index (χ2n) is 4.49. The van der Waals surface area contributed by atoms with Crippen LogP contribution >= 0.6 is 0 Å². The predicted molar refractivity (Wildman–Crippen MR) is 77.4 cm³/mol. The van der Waals surface area contributed by atoms with E-state index in [-0.39, 0.29) is 0 Å². The maximum atomic E-state index is 11.1. The van der Waals surface area contributed by atoms with Gasteiger partial charge in [0.1, 0.15) is 17.1 Å². The predicted octanol–water partition coefficient (Wildman–Crippen LogP) is 3.72. The third-order valence-corrected chi connectivity index (χ3v) is 3.26. The number of nitrogens with zero attached hydrogens (tertiary/aromatic N) is 3. The summed E-state index contributed by atoms with van der Waals surface area (Å²) in [4.78, 5) is 15.6. The van der Waals surface area contributed by atoms with Crippen LogP contribution in [0.3, 0.4) is 0 Å². The largest absolute Gasteiger partial charge is 0.496 e. The Hall–Kier alpha value is -2.69. The fourth-order valence-electron chi connectivity index (χ4n) is 2.29. The van der Waals surface area contributed by atoms with Gasteiger partial charge < -0.3 is 4.74 Å². The van der Waals surface area contributed by atoms with Gasteiger partial charge in [-0.15, -0.1) is 4.91 Å². The molecule has 0 aliphatic carbocycles. The lowest BCUT2D eigenvalue weighted by atomic mass is 10.1. The molecule has 3 aromatic rings. The van der Waals surface area contributed by atoms with Gasteiger partial charge in [0, 0.05) is 11.8 Å². The Balaban J connectivity index is 2.23. The molecule has 0 saturated carbocycles. The van der Waals surface area contributed by atoms with Gasteiger partial charge >= 0.3 is 0 Å². The number of methoxy groups -OCH3 is 1. The molecule has 0 aliphatic heterocycles. The molecule has 0 amide bonds. The van der Waals surface area contributed by atoms with Crippen LogP contribution in [-0.4, -0.2) is 16.5 Å². The molecule has 5 heteroatoms. The SMILES string of the molecule is COc1ccc(-c2nc3ccccn3c2N=O)cc1C. The topological polar surface area (TPSA) is 56.0 Å². The molecule has 0 fully saturated rings. The first-order valence-electron chi connectivity index (χ1n) is 6.20. The minimum absolute atomic E-state index is 0.310. The highest BCUT2D eigenvalue weighted by Gasteiger charge is 2.15. The molecule has 2 aromatic heterocycles. The van der Waals surface area contributed by atoms with Gasteiger partial charge in [0.25, 0.3) is 0 Å². The van der Waals surface area contributed by atoms with Crippen molar-refractivity contribution in [2.45, 2.75) is 6.92 Å². The van der Waals surface area contributed by atoms with Crippen molar-refractivity contribution in [3.63, 3.8) is 0 Å². The lowest BCUT2D eigenvalue weighted by Gasteiger charge is -2.05. The maximum Gasteiger partial charge on any atom is 0.209 e. The molecule has 1 aromatic carbocycles. The number of imidazole rings is 1. The van der Waals surface area contributed by atoms with Crippen LogP contribution in [0.2, 0.25) is 0 Å². The van der Waals surface area contributed by atoms with Gasteiger partial charge in [-0.2, -0.15) is 0 Å². The zero-order chi connectivity index (χ0) is 14.1. The van der Waals surface area contributed by atoms with Gasteiger partial charge in [-0.25, -0.2) is 4.98 Å². The average molecular weight is 267 g/mol. The van der Waals surface area contributed by atoms with Gasteiger partial charge in [0.15, 0.2) is 0 Å². The molecular formula is C15H13N3O2. The van der Waals surface area contributed by atoms with E-state index >= 15 is 0 Å². The number of fused-ring (bicyclic) bond motifs is 1. The number of aromatic nitrogens is 2. The summed E-state index contributed by atoms with van der Waals surface area (Å²) in [5.41, 5.74) is 3.11. The van der Waals surface area contributed by atoms with Gasteiger partial charge in [-0.1, -0.05) is 6.07 Å². The molecule has 3 rings (SSSR count). The summed E-state index contributed by atoms with van der Waals surface area (Å²) in [7, 11) is 1.63. The fraction of sp³-hybridized carbons (Fsp3) is 0.133. The number of nitroso groups, excluding NO2 is 1. The molecule has 0 bridgehead atoms. The number of benzene rings is 1. The van der Waals surface area contributed by atoms with Crippen LogP contribution < -0.4 is 4.74 Å². The van der Waals surface area contributed by atoms with Crippen LogP contribution in [0.25, 0.3) is 16.9 Å². The van der Waals surface area contributed by atoms with Crippen LogP contribution in [0.4, 0.5) is 5.82 Å². The van der Waals surface area contributed by atoms with Crippen LogP contribution in [0, 0.1) is 11.8 Å². The Morgan fingerprint density at radius 3 is 2.80 bits per heavy atom. The lowest BCUT2D eigenvalue weighted by Crippen LogP contribution is -1.88. The zero-order valence-corrected chi connectivity index (χ0v) is 11.2. The molecule has 0 spiro atoms. The summed E-state index contributed by atoms with van der Waals surface area (Å²) >= 11 is 0. The molecule has 20 heavy (non-hydrogen) atoms. The first-order valence-corrected chi connectivity index (χ1v) is 6.20. The van der Waals surface area contributed by atoms with Crippen molar-refractivity contribution in [1.82, 2.24) is 9.38 Å². The van der Waals surface area contributed by atoms with E-state index < -0.39 is 0 Å². The third-order valence-electron chi connectivity index (χ3n) is 3.26. The minimum atomic E-state index is 0.310. The van der Waals surface area contributed by atoms with E-state index in [1.807, 2.05) is 43.3 Å². The number of hydrogen-bond donors (Lipinski definition) is 0. The van der Waals surface area contributed by atoms with Gasteiger partial charge in [-0.3, -0.25) is 4.40 Å². The van der Waals surface area contributed by atoms with Crippen LogP contribution in [0.15, 0.2) is 47.8 Å². The number of ether oxygens (including phenoxy) is 1. The minimum Gasteiger partial charge on any atom is -0.496 e. The number of pyridine rings is 1. The van der Waals surface area contributed by atoms with Crippen LogP contribution in [0.1, 0.15) is 5.56 Å². The monoisotopic (exact) mass is 267 g/mol. The second-order valence-corrected chi connectivity index (χ2v) is 4.49. The molecule has 0 unspecified atom stereocenters. The summed E-state index contributed by atoms with van der Waals surface area (Å²) in [6.45, 7) is 1.95. The Morgan fingerprint density at radius 2 is 2.10 bits per heavy atom. The number of rotatable bonds is 3. The van der Waals surface area contributed by atoms with Crippen molar-refractivity contribution in [3.8, 4) is 17.0 Å². The highest BCUT2D eigenvalue weighted by atomic mass is 16.5. The molecule has 5 nitrogen and oxygen atoms in total. The molecule has 0 atom stereocenters. The van der Waals surface area contributed by atoms with E-state index in [1.54, 1.807) is 17.7 Å². The first-order chi connectivity index (χ1) is 9.74. The molecular weight excluding hydrogens is 254 g/mol. The van der Waals surface area contributed by atoms with Crippen molar-refractivity contribution in [2.24, 2.45) is 5.18 Å². The Bertz CT molecular complexity index is 793. The van der Waals surface area contributed by atoms with Gasteiger partial charge in [0.05, 0.1) is 7.11 Å². The number of hydrogen-bond acceptors (Lipinski definition) is 4. The van der Waals surface area contributed by atoms with Crippen molar-refractivity contribution in [3.05, 3.63) is 53.1 Å². The molecule has 0 radical (unpaired) electrons. The van der Waals surface area contributed by atoms with Crippen molar-refractivity contribution in [1.29, 1.82) is 0 Å². The first kappa shape index (κ1) is 12.3. The average Bonchev–Trinajstić information content (AvgIpc) is 2.85. The van der Waals surface area contributed by atoms with Crippen LogP contribution in [0.5, 0.6) is 5.75 Å². The number of aryl methyl sites for hydroxylation is 1. The third kappa shape index (κ3) is 1.84. The molecule has 0 aliphatic rings. The molecule has 100 valence electrons. The van der Waals surface area contributed by atoms with Crippen molar-refractivity contribution >= 4 is 11.5 Å². The van der Waals surface area contributed by atoms with E-state index in [0.717, 1.165) is 16.9 Å². The Morgan fingerprint density at radius 1 is 1.25 bits per heavy atom. The van der Waals surface area contributed by atoms with Crippen LogP contribution in [-0.2, 0) is 0 Å². The smallest absolute Gasteiger partial charge is 0.209 e. The normalized spacial score (nSPS) is 10.7.